The minimum absolute atomic E-state index is 0.542. The summed E-state index contributed by atoms with van der Waals surface area (Å²) >= 11 is 0. The fraction of sp³-hybridized carbons (Fsp3) is 0.750. The minimum Gasteiger partial charge on any atom is -0.370 e. The van der Waals surface area contributed by atoms with Crippen LogP contribution in [0.25, 0.3) is 0 Å². The van der Waals surface area contributed by atoms with Gasteiger partial charge in [-0.1, -0.05) is 13.3 Å². The molecule has 0 amide bonds. The number of hydrogen-bond donors (Lipinski definition) is 1. The zero-order valence-electron chi connectivity index (χ0n) is 14.1. The number of aromatic nitrogens is 2. The van der Waals surface area contributed by atoms with Crippen LogP contribution >= 0.6 is 0 Å². The first-order chi connectivity index (χ1) is 10.1. The van der Waals surface area contributed by atoms with E-state index < -0.39 is 0 Å². The quantitative estimate of drug-likeness (QED) is 0.902. The third-order valence-corrected chi connectivity index (χ3v) is 4.43. The maximum absolute atomic E-state index is 4.61. The molecular formula is C16H29N5. The Morgan fingerprint density at radius 2 is 1.86 bits per heavy atom. The molecule has 2 rings (SSSR count). The summed E-state index contributed by atoms with van der Waals surface area (Å²) in [6, 6.07) is 1.08. The lowest BCUT2D eigenvalue weighted by atomic mass is 10.1. The van der Waals surface area contributed by atoms with E-state index in [-0.39, 0.29) is 0 Å². The van der Waals surface area contributed by atoms with E-state index in [1.807, 2.05) is 0 Å². The predicted octanol–water partition coefficient (Wildman–Crippen LogP) is 2.39. The van der Waals surface area contributed by atoms with E-state index in [9.17, 15) is 0 Å². The monoisotopic (exact) mass is 291 g/mol. The Balaban J connectivity index is 2.31. The van der Waals surface area contributed by atoms with Crippen LogP contribution in [0.3, 0.4) is 0 Å². The summed E-state index contributed by atoms with van der Waals surface area (Å²) in [5.74, 6) is 2.12. The zero-order valence-corrected chi connectivity index (χ0v) is 14.1. The molecule has 1 saturated heterocycles. The van der Waals surface area contributed by atoms with E-state index in [4.69, 9.17) is 0 Å². The Hall–Kier alpha value is -1.36. The second-order valence-electron chi connectivity index (χ2n) is 6.07. The van der Waals surface area contributed by atoms with E-state index >= 15 is 0 Å². The molecular weight excluding hydrogens is 262 g/mol. The average molecular weight is 291 g/mol. The van der Waals surface area contributed by atoms with Gasteiger partial charge in [-0.3, -0.25) is 4.90 Å². The predicted molar refractivity (Wildman–Crippen MR) is 89.1 cm³/mol. The first-order valence-electron chi connectivity index (χ1n) is 8.13. The average Bonchev–Trinajstić information content (AvgIpc) is 2.46. The van der Waals surface area contributed by atoms with Crippen LogP contribution in [0.4, 0.5) is 11.6 Å². The fourth-order valence-corrected chi connectivity index (χ4v) is 3.05. The van der Waals surface area contributed by atoms with Gasteiger partial charge in [0.15, 0.2) is 0 Å². The van der Waals surface area contributed by atoms with Crippen LogP contribution in [0, 0.1) is 0 Å². The van der Waals surface area contributed by atoms with Gasteiger partial charge in [0.25, 0.3) is 0 Å². The number of piperazine rings is 1. The van der Waals surface area contributed by atoms with Gasteiger partial charge in [0.1, 0.15) is 18.0 Å². The zero-order chi connectivity index (χ0) is 15.4. The van der Waals surface area contributed by atoms with Crippen molar-refractivity contribution in [1.29, 1.82) is 0 Å². The lowest BCUT2D eigenvalue weighted by Gasteiger charge is -2.43. The van der Waals surface area contributed by atoms with Crippen molar-refractivity contribution in [3.05, 3.63) is 11.9 Å². The fourth-order valence-electron chi connectivity index (χ4n) is 3.05. The second-order valence-corrected chi connectivity index (χ2v) is 6.07. The number of hydrogen-bond acceptors (Lipinski definition) is 5. The van der Waals surface area contributed by atoms with Crippen molar-refractivity contribution in [2.75, 3.05) is 36.9 Å². The van der Waals surface area contributed by atoms with Crippen molar-refractivity contribution >= 4 is 11.6 Å². The van der Waals surface area contributed by atoms with E-state index in [1.165, 1.54) is 5.56 Å². The number of likely N-dealkylation sites (N-methyl/N-ethyl adjacent to an activating group) is 1. The maximum Gasteiger partial charge on any atom is 0.137 e. The second kappa shape index (κ2) is 7.07. The summed E-state index contributed by atoms with van der Waals surface area (Å²) in [5.41, 5.74) is 1.27. The molecule has 1 aliphatic heterocycles. The molecule has 118 valence electrons. The first-order valence-corrected chi connectivity index (χ1v) is 8.13. The molecule has 2 unspecified atom stereocenters. The van der Waals surface area contributed by atoms with Crippen molar-refractivity contribution in [2.45, 2.75) is 52.6 Å². The van der Waals surface area contributed by atoms with Crippen molar-refractivity contribution in [1.82, 2.24) is 14.9 Å². The number of rotatable bonds is 5. The van der Waals surface area contributed by atoms with Crippen molar-refractivity contribution in [2.24, 2.45) is 0 Å². The van der Waals surface area contributed by atoms with Gasteiger partial charge >= 0.3 is 0 Å². The van der Waals surface area contributed by atoms with Gasteiger partial charge in [-0.15, -0.1) is 0 Å². The smallest absolute Gasteiger partial charge is 0.137 e. The molecule has 5 nitrogen and oxygen atoms in total. The summed E-state index contributed by atoms with van der Waals surface area (Å²) in [4.78, 5) is 13.9. The molecule has 0 spiro atoms. The molecule has 21 heavy (non-hydrogen) atoms. The van der Waals surface area contributed by atoms with Gasteiger partial charge in [-0.2, -0.15) is 0 Å². The summed E-state index contributed by atoms with van der Waals surface area (Å²) in [7, 11) is 2.21. The molecule has 1 N–H and O–H groups in total. The van der Waals surface area contributed by atoms with Crippen LogP contribution in [-0.4, -0.2) is 53.6 Å². The summed E-state index contributed by atoms with van der Waals surface area (Å²) < 4.78 is 0. The van der Waals surface area contributed by atoms with Crippen molar-refractivity contribution < 1.29 is 0 Å². The molecule has 1 aromatic heterocycles. The first kappa shape index (κ1) is 16.0. The highest BCUT2D eigenvalue weighted by Crippen LogP contribution is 2.27. The van der Waals surface area contributed by atoms with E-state index in [2.05, 4.69) is 59.8 Å². The lowest BCUT2D eigenvalue weighted by Crippen LogP contribution is -2.55. The molecule has 1 aliphatic rings. The molecule has 0 aromatic carbocycles. The molecule has 0 saturated carbocycles. The number of anilines is 2. The van der Waals surface area contributed by atoms with Crippen LogP contribution in [-0.2, 0) is 6.42 Å². The van der Waals surface area contributed by atoms with Crippen LogP contribution in [0.15, 0.2) is 6.33 Å². The van der Waals surface area contributed by atoms with Crippen LogP contribution in [0.1, 0.15) is 39.7 Å². The summed E-state index contributed by atoms with van der Waals surface area (Å²) in [6.07, 6.45) is 3.82. The third-order valence-electron chi connectivity index (χ3n) is 4.43. The van der Waals surface area contributed by atoms with Crippen LogP contribution < -0.4 is 10.2 Å². The van der Waals surface area contributed by atoms with E-state index in [1.54, 1.807) is 6.33 Å². The van der Waals surface area contributed by atoms with Gasteiger partial charge in [-0.05, 0) is 34.2 Å². The molecule has 0 aliphatic carbocycles. The van der Waals surface area contributed by atoms with E-state index in [0.717, 1.165) is 44.1 Å². The van der Waals surface area contributed by atoms with Gasteiger partial charge in [0, 0.05) is 37.3 Å². The molecule has 0 radical (unpaired) electrons. The number of nitrogens with one attached hydrogen (secondary N) is 1. The van der Waals surface area contributed by atoms with Crippen molar-refractivity contribution in [3.63, 3.8) is 0 Å². The van der Waals surface area contributed by atoms with Crippen molar-refractivity contribution in [3.8, 4) is 0 Å². The van der Waals surface area contributed by atoms with E-state index in [0.29, 0.717) is 12.1 Å². The van der Waals surface area contributed by atoms with Gasteiger partial charge < -0.3 is 10.2 Å². The molecule has 2 atom stereocenters. The Labute approximate surface area is 128 Å². The minimum atomic E-state index is 0.542. The molecule has 1 aromatic rings. The lowest BCUT2D eigenvalue weighted by molar-refractivity contribution is 0.169. The largest absolute Gasteiger partial charge is 0.370 e. The highest BCUT2D eigenvalue weighted by molar-refractivity contribution is 5.59. The highest BCUT2D eigenvalue weighted by atomic mass is 15.3. The maximum atomic E-state index is 4.61. The Morgan fingerprint density at radius 1 is 1.19 bits per heavy atom. The Bertz CT molecular complexity index is 450. The normalized spacial score (nSPS) is 23.4. The Morgan fingerprint density at radius 3 is 2.43 bits per heavy atom. The SMILES string of the molecule is CCCc1c(NCC)ncnc1N1CC(C)N(C)C(C)C1. The topological polar surface area (TPSA) is 44.3 Å². The molecule has 5 heteroatoms. The molecule has 2 heterocycles. The van der Waals surface area contributed by atoms with Crippen LogP contribution in [0.5, 0.6) is 0 Å². The third kappa shape index (κ3) is 3.46. The summed E-state index contributed by atoms with van der Waals surface area (Å²) in [5, 5.41) is 3.38. The van der Waals surface area contributed by atoms with Gasteiger partial charge in [0.2, 0.25) is 0 Å². The van der Waals surface area contributed by atoms with Gasteiger partial charge in [-0.25, -0.2) is 9.97 Å². The Kier molecular flexibility index (Phi) is 5.39. The van der Waals surface area contributed by atoms with Gasteiger partial charge in [0.05, 0.1) is 0 Å². The standard InChI is InChI=1S/C16H29N5/c1-6-8-14-15(17-7-2)18-11-19-16(14)21-9-12(3)20(5)13(4)10-21/h11-13H,6-10H2,1-5H3,(H,17,18,19). The van der Waals surface area contributed by atoms with Crippen LogP contribution in [0.2, 0.25) is 0 Å². The summed E-state index contributed by atoms with van der Waals surface area (Å²) in [6.45, 7) is 11.8. The molecule has 0 bridgehead atoms. The molecule has 1 fully saturated rings. The number of nitrogens with zero attached hydrogens (tertiary/aromatic N) is 4. The highest BCUT2D eigenvalue weighted by Gasteiger charge is 2.29.